The average molecular weight is 316 g/mol. The number of hydrogen-bond donors (Lipinski definition) is 1. The fourth-order valence-corrected chi connectivity index (χ4v) is 3.14. The minimum absolute atomic E-state index is 0.641. The minimum atomic E-state index is 0.641. The molecule has 0 unspecified atom stereocenters. The van der Waals surface area contributed by atoms with Gasteiger partial charge >= 0.3 is 0 Å². The summed E-state index contributed by atoms with van der Waals surface area (Å²) in [5.41, 5.74) is 1.28. The molecule has 0 saturated carbocycles. The number of fused-ring (bicyclic) bond motifs is 1. The molecule has 1 N–H and O–H groups in total. The molecule has 5 nitrogen and oxygen atoms in total. The first kappa shape index (κ1) is 15.9. The van der Waals surface area contributed by atoms with Crippen molar-refractivity contribution in [2.75, 3.05) is 47.5 Å². The monoisotopic (exact) mass is 316 g/mol. The smallest absolute Gasteiger partial charge is 0.203 e. The quantitative estimate of drug-likeness (QED) is 0.917. The van der Waals surface area contributed by atoms with Gasteiger partial charge in [-0.25, -0.2) is 0 Å². The van der Waals surface area contributed by atoms with Gasteiger partial charge in [0.1, 0.15) is 0 Å². The molecule has 0 atom stereocenters. The summed E-state index contributed by atoms with van der Waals surface area (Å²) in [6, 6.07) is 8.48. The van der Waals surface area contributed by atoms with Crippen LogP contribution in [0.25, 0.3) is 10.8 Å². The number of rotatable bonds is 5. The van der Waals surface area contributed by atoms with Gasteiger partial charge in [-0.1, -0.05) is 12.1 Å². The number of piperazine rings is 1. The van der Waals surface area contributed by atoms with Gasteiger partial charge in [0.15, 0.2) is 11.5 Å². The molecule has 2 aromatic rings. The van der Waals surface area contributed by atoms with Crippen LogP contribution in [0, 0.1) is 0 Å². The van der Waals surface area contributed by atoms with Crippen molar-refractivity contribution < 1.29 is 14.2 Å². The molecular formula is C18H24N2O3. The van der Waals surface area contributed by atoms with Crippen LogP contribution in [0.4, 0.5) is 0 Å². The fourth-order valence-electron chi connectivity index (χ4n) is 3.14. The van der Waals surface area contributed by atoms with Gasteiger partial charge in [-0.3, -0.25) is 4.90 Å². The van der Waals surface area contributed by atoms with E-state index >= 15 is 0 Å². The van der Waals surface area contributed by atoms with Gasteiger partial charge in [0, 0.05) is 38.1 Å². The molecule has 0 spiro atoms. The average Bonchev–Trinajstić information content (AvgIpc) is 2.60. The molecule has 5 heteroatoms. The van der Waals surface area contributed by atoms with E-state index < -0.39 is 0 Å². The van der Waals surface area contributed by atoms with Crippen LogP contribution in [0.3, 0.4) is 0 Å². The van der Waals surface area contributed by atoms with E-state index in [0.29, 0.717) is 11.5 Å². The maximum Gasteiger partial charge on any atom is 0.203 e. The number of nitrogens with one attached hydrogen (secondary N) is 1. The minimum Gasteiger partial charge on any atom is -0.493 e. The van der Waals surface area contributed by atoms with Crippen molar-refractivity contribution in [3.8, 4) is 17.2 Å². The van der Waals surface area contributed by atoms with E-state index in [1.165, 1.54) is 5.56 Å². The highest BCUT2D eigenvalue weighted by molar-refractivity contribution is 5.93. The Kier molecular flexibility index (Phi) is 4.88. The lowest BCUT2D eigenvalue weighted by Gasteiger charge is -2.27. The number of hydrogen-bond acceptors (Lipinski definition) is 5. The Labute approximate surface area is 137 Å². The van der Waals surface area contributed by atoms with E-state index in [1.54, 1.807) is 21.3 Å². The lowest BCUT2D eigenvalue weighted by molar-refractivity contribution is 0.233. The van der Waals surface area contributed by atoms with Crippen LogP contribution in [0.2, 0.25) is 0 Å². The van der Waals surface area contributed by atoms with Crippen molar-refractivity contribution in [1.29, 1.82) is 0 Å². The summed E-state index contributed by atoms with van der Waals surface area (Å²) >= 11 is 0. The Morgan fingerprint density at radius 2 is 1.70 bits per heavy atom. The molecule has 1 heterocycles. The van der Waals surface area contributed by atoms with E-state index in [4.69, 9.17) is 14.2 Å². The van der Waals surface area contributed by atoms with Crippen molar-refractivity contribution >= 4 is 10.8 Å². The van der Waals surface area contributed by atoms with Crippen LogP contribution >= 0.6 is 0 Å². The Hall–Kier alpha value is -1.98. The molecule has 1 fully saturated rings. The molecule has 0 radical (unpaired) electrons. The SMILES string of the molecule is COc1cc2ccc(CN3CCNCC3)cc2c(OC)c1OC. The van der Waals surface area contributed by atoms with Crippen molar-refractivity contribution in [3.63, 3.8) is 0 Å². The second kappa shape index (κ2) is 7.06. The molecule has 124 valence electrons. The molecule has 0 aliphatic carbocycles. The Balaban J connectivity index is 2.00. The summed E-state index contributed by atoms with van der Waals surface area (Å²) in [6.45, 7) is 5.24. The number of benzene rings is 2. The highest BCUT2D eigenvalue weighted by Crippen LogP contribution is 2.43. The van der Waals surface area contributed by atoms with E-state index in [2.05, 4.69) is 28.4 Å². The van der Waals surface area contributed by atoms with Crippen molar-refractivity contribution in [1.82, 2.24) is 10.2 Å². The number of ether oxygens (including phenoxy) is 3. The number of methoxy groups -OCH3 is 3. The van der Waals surface area contributed by atoms with Crippen molar-refractivity contribution in [3.05, 3.63) is 29.8 Å². The maximum absolute atomic E-state index is 5.61. The first-order chi connectivity index (χ1) is 11.3. The lowest BCUT2D eigenvalue weighted by atomic mass is 10.0. The lowest BCUT2D eigenvalue weighted by Crippen LogP contribution is -2.42. The van der Waals surface area contributed by atoms with Gasteiger partial charge in [0.05, 0.1) is 21.3 Å². The molecule has 2 aromatic carbocycles. The van der Waals surface area contributed by atoms with Crippen LogP contribution in [0.1, 0.15) is 5.56 Å². The first-order valence-electron chi connectivity index (χ1n) is 7.91. The molecule has 23 heavy (non-hydrogen) atoms. The summed E-state index contributed by atoms with van der Waals surface area (Å²) in [5, 5.41) is 5.52. The van der Waals surface area contributed by atoms with Gasteiger partial charge < -0.3 is 19.5 Å². The molecule has 1 saturated heterocycles. The molecule has 0 amide bonds. The van der Waals surface area contributed by atoms with Gasteiger partial charge in [-0.05, 0) is 23.1 Å². The second-order valence-corrected chi connectivity index (χ2v) is 5.73. The Morgan fingerprint density at radius 3 is 2.35 bits per heavy atom. The zero-order valence-corrected chi connectivity index (χ0v) is 14.0. The summed E-state index contributed by atoms with van der Waals surface area (Å²) < 4.78 is 16.5. The standard InChI is InChI=1S/C18H24N2O3/c1-21-16-11-14-5-4-13(12-20-8-6-19-7-9-20)10-15(14)17(22-2)18(16)23-3/h4-5,10-11,19H,6-9,12H2,1-3H3. The normalized spacial score (nSPS) is 15.6. The summed E-state index contributed by atoms with van der Waals surface area (Å²) in [4.78, 5) is 2.46. The predicted molar refractivity (Wildman–Crippen MR) is 91.8 cm³/mol. The summed E-state index contributed by atoms with van der Waals surface area (Å²) in [5.74, 6) is 2.05. The molecule has 0 aromatic heterocycles. The van der Waals surface area contributed by atoms with E-state index in [1.807, 2.05) is 6.07 Å². The van der Waals surface area contributed by atoms with Crippen LogP contribution in [-0.4, -0.2) is 52.4 Å². The third-order valence-corrected chi connectivity index (χ3v) is 4.32. The van der Waals surface area contributed by atoms with Crippen LogP contribution < -0.4 is 19.5 Å². The summed E-state index contributed by atoms with van der Waals surface area (Å²) in [6.07, 6.45) is 0. The van der Waals surface area contributed by atoms with Crippen molar-refractivity contribution in [2.45, 2.75) is 6.54 Å². The van der Waals surface area contributed by atoms with Gasteiger partial charge in [0.25, 0.3) is 0 Å². The van der Waals surface area contributed by atoms with E-state index in [9.17, 15) is 0 Å². The van der Waals surface area contributed by atoms with Gasteiger partial charge in [-0.2, -0.15) is 0 Å². The van der Waals surface area contributed by atoms with Crippen LogP contribution in [-0.2, 0) is 6.54 Å². The van der Waals surface area contributed by atoms with E-state index in [-0.39, 0.29) is 0 Å². The van der Waals surface area contributed by atoms with Gasteiger partial charge in [0.2, 0.25) is 5.75 Å². The third kappa shape index (κ3) is 3.21. The molecular weight excluding hydrogens is 292 g/mol. The zero-order chi connectivity index (χ0) is 16.2. The Bertz CT molecular complexity index is 682. The molecule has 3 rings (SSSR count). The summed E-state index contributed by atoms with van der Waals surface area (Å²) in [7, 11) is 4.94. The zero-order valence-electron chi connectivity index (χ0n) is 14.0. The molecule has 0 bridgehead atoms. The molecule has 1 aliphatic rings. The topological polar surface area (TPSA) is 43.0 Å². The highest BCUT2D eigenvalue weighted by atomic mass is 16.5. The van der Waals surface area contributed by atoms with Crippen LogP contribution in [0.15, 0.2) is 24.3 Å². The third-order valence-electron chi connectivity index (χ3n) is 4.32. The molecule has 1 aliphatic heterocycles. The maximum atomic E-state index is 5.61. The van der Waals surface area contributed by atoms with Crippen molar-refractivity contribution in [2.24, 2.45) is 0 Å². The van der Waals surface area contributed by atoms with Crippen LogP contribution in [0.5, 0.6) is 17.2 Å². The Morgan fingerprint density at radius 1 is 0.957 bits per heavy atom. The first-order valence-corrected chi connectivity index (χ1v) is 7.91. The highest BCUT2D eigenvalue weighted by Gasteiger charge is 2.17. The van der Waals surface area contributed by atoms with Gasteiger partial charge in [-0.15, -0.1) is 0 Å². The predicted octanol–water partition coefficient (Wildman–Crippen LogP) is 2.27. The second-order valence-electron chi connectivity index (χ2n) is 5.73. The van der Waals surface area contributed by atoms with E-state index in [0.717, 1.165) is 49.2 Å². The fraction of sp³-hybridized carbons (Fsp3) is 0.444. The number of nitrogens with zero attached hydrogens (tertiary/aromatic N) is 1. The largest absolute Gasteiger partial charge is 0.493 e.